The molecule has 1 N–H and O–H groups in total. The fourth-order valence-electron chi connectivity index (χ4n) is 19.1. The molecule has 4 aromatic rings. The molecule has 14 heteroatoms. The van der Waals surface area contributed by atoms with Crippen molar-refractivity contribution in [2.75, 3.05) is 13.1 Å². The SMILES string of the molecule is C.CC(c1ccccc1)N(CC(=O)O)C(=O)CCC(=O)O[C@H]1CC[C@@]2(C)C(=CC[C@@H]3[C@@H]2CC[C@]2(C)C(c4cccnc4)=CC[C@@H]32)C1.CC(c1ccccc1)N(CC(=O)OC(C)(C)C)C(=O)CCC(=O)O[C@H]1CC[C@@]2(C)C(=CC[C@@H]3[C@@H]2CC[C@]2(C)C(c4cccnc4)=CC[C@@H]32)C1.[CH3-]. The monoisotopic (exact) mass is 1310 g/mol. The summed E-state index contributed by atoms with van der Waals surface area (Å²) in [4.78, 5) is 88.7. The van der Waals surface area contributed by atoms with E-state index in [0.29, 0.717) is 35.5 Å². The lowest BCUT2D eigenvalue weighted by Gasteiger charge is -2.57. The number of carbonyl (C=O) groups excluding carboxylic acids is 5. The summed E-state index contributed by atoms with van der Waals surface area (Å²) in [7, 11) is 0. The van der Waals surface area contributed by atoms with Crippen molar-refractivity contribution in [1.29, 1.82) is 0 Å². The van der Waals surface area contributed by atoms with Crippen molar-refractivity contribution in [2.24, 2.45) is 57.2 Å². The van der Waals surface area contributed by atoms with Gasteiger partial charge in [0.05, 0.1) is 24.9 Å². The van der Waals surface area contributed by atoms with Crippen LogP contribution in [0.3, 0.4) is 0 Å². The minimum absolute atomic E-state index is 0. The molecule has 516 valence electrons. The fraction of sp³-hybridized carbons (Fsp3) is 0.549. The van der Waals surface area contributed by atoms with Crippen molar-refractivity contribution in [2.45, 2.75) is 215 Å². The van der Waals surface area contributed by atoms with Gasteiger partial charge in [-0.2, -0.15) is 0 Å². The molecule has 0 spiro atoms. The number of aromatic nitrogens is 2. The van der Waals surface area contributed by atoms with E-state index in [1.807, 2.05) is 111 Å². The van der Waals surface area contributed by atoms with Crippen LogP contribution in [0.4, 0.5) is 0 Å². The number of pyridine rings is 2. The number of aliphatic carboxylic acids is 1. The number of hydrogen-bond acceptors (Lipinski definition) is 11. The molecule has 96 heavy (non-hydrogen) atoms. The summed E-state index contributed by atoms with van der Waals surface area (Å²) < 4.78 is 17.5. The minimum atomic E-state index is -1.08. The van der Waals surface area contributed by atoms with Crippen LogP contribution < -0.4 is 0 Å². The average Bonchev–Trinajstić information content (AvgIpc) is 1.41. The van der Waals surface area contributed by atoms with Gasteiger partial charge in [-0.15, -0.1) is 0 Å². The van der Waals surface area contributed by atoms with Crippen molar-refractivity contribution < 1.29 is 48.1 Å². The van der Waals surface area contributed by atoms with Crippen molar-refractivity contribution in [3.63, 3.8) is 0 Å². The van der Waals surface area contributed by atoms with Crippen molar-refractivity contribution in [1.82, 2.24) is 19.8 Å². The minimum Gasteiger partial charge on any atom is -0.480 e. The number of benzene rings is 2. The first-order valence-electron chi connectivity index (χ1n) is 35.0. The predicted molar refractivity (Wildman–Crippen MR) is 377 cm³/mol. The smallest absolute Gasteiger partial charge is 0.326 e. The number of ether oxygens (including phenoxy) is 3. The second kappa shape index (κ2) is 30.1. The Balaban J connectivity index is 0.000000221. The predicted octanol–water partition coefficient (Wildman–Crippen LogP) is 17.2. The van der Waals surface area contributed by atoms with E-state index in [1.54, 1.807) is 20.8 Å². The maximum Gasteiger partial charge on any atom is 0.326 e. The van der Waals surface area contributed by atoms with E-state index < -0.39 is 30.1 Å². The molecule has 2 unspecified atom stereocenters. The Hall–Kier alpha value is -7.48. The Kier molecular flexibility index (Phi) is 22.8. The average molecular weight is 1310 g/mol. The molecule has 0 bridgehead atoms. The standard InChI is InChI=1S/C42H54N2O5.C38H46N2O5.CH4.CH3/c1-28(29-11-8-7-9-12-29)44(27-39(47)49-40(2,3)4)37(45)18-19-38(46)48-32-20-22-41(5)31(25-32)14-15-33-35-17-16-34(30-13-10-24-43-26-30)42(35,6)23-21-36(33)41;1-25(26-8-5-4-6-9-26)40(24-35(42)43)34(41)15-16-36(44)45-29-17-19-37(2)28(22-29)11-12-30-32-14-13-31(27-10-7-21-39-23-27)38(32,3)20-18-33(30)37;;/h7-14,16,24,26,28,32-33,35-36H,15,17-23,25,27H2,1-6H3;4-11,13,21,23,25,29-30,32-33H,12,14-20,22,24H2,1-3H3,(H,42,43);1H4;1H3/q;;;-1/t28?,32-,33-,35-,36-,41-,42+;25?,29-,30-,32-,33-,37-,38+;;/m00../s1. The first-order chi connectivity index (χ1) is 44.9. The zero-order chi connectivity index (χ0) is 66.7. The molecule has 2 heterocycles. The van der Waals surface area contributed by atoms with Crippen LogP contribution in [0.15, 0.2) is 145 Å². The highest BCUT2D eigenvalue weighted by Gasteiger charge is 2.59. The quantitative estimate of drug-likeness (QED) is 0.0431. The molecule has 14 atom stereocenters. The Morgan fingerprint density at radius 1 is 0.521 bits per heavy atom. The molecule has 4 saturated carbocycles. The Morgan fingerprint density at radius 3 is 1.31 bits per heavy atom. The summed E-state index contributed by atoms with van der Waals surface area (Å²) >= 11 is 0. The number of amides is 2. The molecule has 2 amide bonds. The van der Waals surface area contributed by atoms with Gasteiger partial charge in [0, 0.05) is 50.5 Å². The maximum absolute atomic E-state index is 13.5. The van der Waals surface area contributed by atoms with Gasteiger partial charge in [0.2, 0.25) is 11.8 Å². The molecular formula is C82H107N4O10-. The molecule has 0 radical (unpaired) electrons. The summed E-state index contributed by atoms with van der Waals surface area (Å²) in [6, 6.07) is 26.7. The molecule has 12 rings (SSSR count). The molecule has 14 nitrogen and oxygen atoms in total. The number of fused-ring (bicyclic) bond motifs is 10. The summed E-state index contributed by atoms with van der Waals surface area (Å²) in [6.07, 6.45) is 31.6. The lowest BCUT2D eigenvalue weighted by molar-refractivity contribution is -0.160. The van der Waals surface area contributed by atoms with Crippen molar-refractivity contribution in [3.8, 4) is 0 Å². The fourth-order valence-corrected chi connectivity index (χ4v) is 19.1. The van der Waals surface area contributed by atoms with E-state index in [1.165, 1.54) is 68.9 Å². The van der Waals surface area contributed by atoms with Crippen LogP contribution in [0.1, 0.15) is 220 Å². The van der Waals surface area contributed by atoms with Gasteiger partial charge in [-0.3, -0.25) is 38.7 Å². The summed E-state index contributed by atoms with van der Waals surface area (Å²) in [5.74, 6) is 0.948. The van der Waals surface area contributed by atoms with E-state index >= 15 is 0 Å². The highest BCUT2D eigenvalue weighted by Crippen LogP contribution is 2.68. The van der Waals surface area contributed by atoms with Crippen molar-refractivity contribution in [3.05, 3.63) is 175 Å². The zero-order valence-corrected chi connectivity index (χ0v) is 58.0. The van der Waals surface area contributed by atoms with Gasteiger partial charge in [-0.05, 0) is 214 Å². The number of nitrogens with zero attached hydrogens (tertiary/aromatic N) is 4. The molecule has 8 aliphatic rings. The van der Waals surface area contributed by atoms with Crippen LogP contribution in [0.5, 0.6) is 0 Å². The van der Waals surface area contributed by atoms with Crippen molar-refractivity contribution >= 4 is 46.8 Å². The molecule has 0 aliphatic heterocycles. The third kappa shape index (κ3) is 15.3. The number of hydrogen-bond donors (Lipinski definition) is 1. The normalized spacial score (nSPS) is 29.6. The van der Waals surface area contributed by atoms with E-state index in [0.717, 1.165) is 75.3 Å². The van der Waals surface area contributed by atoms with Gasteiger partial charge in [-0.25, -0.2) is 0 Å². The number of carboxylic acids is 1. The molecule has 2 aromatic carbocycles. The molecule has 2 aromatic heterocycles. The van der Waals surface area contributed by atoms with Crippen LogP contribution in [-0.2, 0) is 43.0 Å². The van der Waals surface area contributed by atoms with Gasteiger partial charge >= 0.3 is 23.9 Å². The van der Waals surface area contributed by atoms with E-state index in [2.05, 4.69) is 74.1 Å². The van der Waals surface area contributed by atoms with Gasteiger partial charge in [-0.1, -0.05) is 143 Å². The first kappa shape index (κ1) is 72.8. The molecular weight excluding hydrogens is 1200 g/mol. The van der Waals surface area contributed by atoms with E-state index in [4.69, 9.17) is 14.2 Å². The van der Waals surface area contributed by atoms with Crippen LogP contribution in [0.2, 0.25) is 0 Å². The van der Waals surface area contributed by atoms with Gasteiger partial charge in [0.15, 0.2) is 0 Å². The molecule has 0 saturated heterocycles. The lowest BCUT2D eigenvalue weighted by atomic mass is 9.47. The number of carboxylic acid groups (broad SMARTS) is 1. The Morgan fingerprint density at radius 2 is 0.927 bits per heavy atom. The zero-order valence-electron chi connectivity index (χ0n) is 58.0. The highest BCUT2D eigenvalue weighted by molar-refractivity contribution is 5.86. The van der Waals surface area contributed by atoms with Crippen LogP contribution >= 0.6 is 0 Å². The third-order valence-corrected chi connectivity index (χ3v) is 24.1. The number of esters is 3. The summed E-state index contributed by atoms with van der Waals surface area (Å²) in [5.41, 5.74) is 10.2. The van der Waals surface area contributed by atoms with E-state index in [-0.39, 0.29) is 111 Å². The second-order valence-electron chi connectivity index (χ2n) is 30.5. The van der Waals surface area contributed by atoms with Gasteiger partial charge in [0.1, 0.15) is 30.9 Å². The lowest BCUT2D eigenvalue weighted by Crippen LogP contribution is -2.50. The number of carbonyl (C=O) groups is 6. The topological polar surface area (TPSA) is 183 Å². The summed E-state index contributed by atoms with van der Waals surface area (Å²) in [5, 5.41) is 9.43. The van der Waals surface area contributed by atoms with Crippen LogP contribution in [0, 0.1) is 64.6 Å². The van der Waals surface area contributed by atoms with Gasteiger partial charge in [0.25, 0.3) is 0 Å². The Labute approximate surface area is 572 Å². The van der Waals surface area contributed by atoms with Crippen LogP contribution in [0.25, 0.3) is 11.1 Å². The number of allylic oxidation sites excluding steroid dienone is 6. The molecule has 4 fully saturated rings. The van der Waals surface area contributed by atoms with Crippen LogP contribution in [-0.4, -0.2) is 91.5 Å². The second-order valence-corrected chi connectivity index (χ2v) is 30.5. The highest BCUT2D eigenvalue weighted by atomic mass is 16.6. The molecule has 8 aliphatic carbocycles. The first-order valence-corrected chi connectivity index (χ1v) is 35.0. The maximum atomic E-state index is 13.5. The third-order valence-electron chi connectivity index (χ3n) is 24.1. The Bertz CT molecular complexity index is 3540. The number of rotatable bonds is 18. The van der Waals surface area contributed by atoms with Gasteiger partial charge < -0.3 is 36.5 Å². The largest absolute Gasteiger partial charge is 0.480 e. The summed E-state index contributed by atoms with van der Waals surface area (Å²) in [6.45, 7) is 18.4. The van der Waals surface area contributed by atoms with E-state index in [9.17, 15) is 33.9 Å².